The zero-order valence-electron chi connectivity index (χ0n) is 11.9. The van der Waals surface area contributed by atoms with E-state index >= 15 is 0 Å². The molecule has 0 aromatic heterocycles. The van der Waals surface area contributed by atoms with E-state index in [4.69, 9.17) is 5.73 Å². The molecule has 0 aliphatic carbocycles. The average Bonchev–Trinajstić information content (AvgIpc) is 2.96. The van der Waals surface area contributed by atoms with Gasteiger partial charge in [-0.25, -0.2) is 0 Å². The first-order valence-corrected chi connectivity index (χ1v) is 7.54. The highest BCUT2D eigenvalue weighted by Crippen LogP contribution is 2.30. The smallest absolute Gasteiger partial charge is 0.325 e. The van der Waals surface area contributed by atoms with E-state index < -0.39 is 11.5 Å². The predicted octanol–water partition coefficient (Wildman–Crippen LogP) is -0.716. The van der Waals surface area contributed by atoms with Crippen LogP contribution < -0.4 is 11.1 Å². The summed E-state index contributed by atoms with van der Waals surface area (Å²) in [6.45, 7) is 3.36. The Kier molecular flexibility index (Phi) is 4.87. The summed E-state index contributed by atoms with van der Waals surface area (Å²) >= 11 is 0. The normalized spacial score (nSPS) is 35.8. The molecule has 108 valence electrons. The lowest BCUT2D eigenvalue weighted by molar-refractivity contribution is -0.144. The zero-order valence-corrected chi connectivity index (χ0v) is 11.9. The van der Waals surface area contributed by atoms with Gasteiger partial charge in [-0.15, -0.1) is 0 Å². The van der Waals surface area contributed by atoms with Crippen LogP contribution in [0.1, 0.15) is 25.7 Å². The molecule has 4 N–H and O–H groups in total. The molecule has 0 radical (unpaired) electrons. The zero-order chi connectivity index (χ0) is 13.9. The summed E-state index contributed by atoms with van der Waals surface area (Å²) in [7, 11) is 2.13. The summed E-state index contributed by atoms with van der Waals surface area (Å²) < 4.78 is 0. The van der Waals surface area contributed by atoms with Gasteiger partial charge in [0.25, 0.3) is 0 Å². The maximum atomic E-state index is 11.5. The molecule has 2 heterocycles. The Morgan fingerprint density at radius 2 is 2.37 bits per heavy atom. The number of nitrogens with two attached hydrogens (primary N) is 1. The highest BCUT2D eigenvalue weighted by atomic mass is 16.4. The van der Waals surface area contributed by atoms with E-state index in [0.29, 0.717) is 12.6 Å². The summed E-state index contributed by atoms with van der Waals surface area (Å²) in [5, 5.41) is 12.9. The molecule has 5 nitrogen and oxygen atoms in total. The molecule has 1 unspecified atom stereocenters. The lowest BCUT2D eigenvalue weighted by atomic mass is 9.83. The van der Waals surface area contributed by atoms with Gasteiger partial charge in [-0.2, -0.15) is 0 Å². The summed E-state index contributed by atoms with van der Waals surface area (Å²) in [4.78, 5) is 13.8. The molecule has 0 aromatic carbocycles. The molecule has 2 aliphatic heterocycles. The second-order valence-electron chi connectivity index (χ2n) is 6.17. The Hall–Kier alpha value is -0.585. The fourth-order valence-corrected chi connectivity index (χ4v) is 3.44. The predicted molar refractivity (Wildman–Crippen MR) is 78.1 cm³/mol. The van der Waals surface area contributed by atoms with Crippen molar-refractivity contribution in [2.45, 2.75) is 43.6 Å². The Labute approximate surface area is 116 Å². The minimum Gasteiger partial charge on any atom is -0.480 e. The van der Waals surface area contributed by atoms with E-state index in [2.05, 4.69) is 18.1 Å². The van der Waals surface area contributed by atoms with Crippen LogP contribution in [0.2, 0.25) is 6.32 Å². The summed E-state index contributed by atoms with van der Waals surface area (Å²) in [5.41, 5.74) is 5.14. The van der Waals surface area contributed by atoms with Gasteiger partial charge in [-0.05, 0) is 25.8 Å². The molecule has 0 amide bonds. The molecule has 0 spiro atoms. The second-order valence-corrected chi connectivity index (χ2v) is 6.17. The van der Waals surface area contributed by atoms with Crippen LogP contribution in [0.15, 0.2) is 0 Å². The molecule has 2 aliphatic rings. The first-order valence-electron chi connectivity index (χ1n) is 7.54. The van der Waals surface area contributed by atoms with Crippen LogP contribution in [-0.4, -0.2) is 61.6 Å². The SMILES string of the molecule is BCCC[C@H]1CN(CC2CCCN2)C[C@@]1(N)C(=O)O. The van der Waals surface area contributed by atoms with Gasteiger partial charge < -0.3 is 16.2 Å². The molecule has 2 fully saturated rings. The monoisotopic (exact) mass is 267 g/mol. The summed E-state index contributed by atoms with van der Waals surface area (Å²) in [6, 6.07) is 0.517. The van der Waals surface area contributed by atoms with Crippen LogP contribution in [0.5, 0.6) is 0 Å². The number of carboxylic acids is 1. The number of hydrogen-bond donors (Lipinski definition) is 3. The van der Waals surface area contributed by atoms with Crippen molar-refractivity contribution in [2.75, 3.05) is 26.2 Å². The van der Waals surface area contributed by atoms with Crippen molar-refractivity contribution in [1.82, 2.24) is 10.2 Å². The third-order valence-corrected chi connectivity index (χ3v) is 4.64. The van der Waals surface area contributed by atoms with E-state index in [0.717, 1.165) is 38.8 Å². The van der Waals surface area contributed by atoms with Crippen LogP contribution >= 0.6 is 0 Å². The van der Waals surface area contributed by atoms with Crippen LogP contribution in [0, 0.1) is 5.92 Å². The van der Waals surface area contributed by atoms with Gasteiger partial charge in [-0.3, -0.25) is 9.69 Å². The Balaban J connectivity index is 1.95. The first-order chi connectivity index (χ1) is 9.06. The fraction of sp³-hybridized carbons (Fsp3) is 0.923. The van der Waals surface area contributed by atoms with Gasteiger partial charge in [0.2, 0.25) is 0 Å². The quantitative estimate of drug-likeness (QED) is 0.554. The molecule has 6 heteroatoms. The number of nitrogens with one attached hydrogen (secondary N) is 1. The molecule has 19 heavy (non-hydrogen) atoms. The topological polar surface area (TPSA) is 78.6 Å². The highest BCUT2D eigenvalue weighted by molar-refractivity contribution is 6.08. The minimum atomic E-state index is -1.05. The lowest BCUT2D eigenvalue weighted by Gasteiger charge is -2.25. The number of rotatable bonds is 6. The standard InChI is InChI=1S/C13H26BN3O2/c14-5-1-3-10-7-17(8-11-4-2-6-16-11)9-13(10,15)12(18)19/h10-11,16H,1-9,14-15H2,(H,18,19)/t10-,11?,13-/m0/s1. The largest absolute Gasteiger partial charge is 0.480 e. The summed E-state index contributed by atoms with van der Waals surface area (Å²) in [5.74, 6) is -0.748. The van der Waals surface area contributed by atoms with E-state index in [9.17, 15) is 9.90 Å². The third-order valence-electron chi connectivity index (χ3n) is 4.64. The maximum Gasteiger partial charge on any atom is 0.325 e. The van der Waals surface area contributed by atoms with Crippen molar-refractivity contribution in [3.63, 3.8) is 0 Å². The number of nitrogens with zero attached hydrogens (tertiary/aromatic N) is 1. The molecule has 2 rings (SSSR count). The first kappa shape index (κ1) is 14.8. The molecule has 0 bridgehead atoms. The van der Waals surface area contributed by atoms with E-state index in [1.807, 2.05) is 0 Å². The number of aliphatic carboxylic acids is 1. The second kappa shape index (κ2) is 6.24. The molecule has 2 saturated heterocycles. The third kappa shape index (κ3) is 3.30. The number of carboxylic acid groups (broad SMARTS) is 1. The van der Waals surface area contributed by atoms with Gasteiger partial charge >= 0.3 is 5.97 Å². The Bertz CT molecular complexity index is 323. The average molecular weight is 267 g/mol. The van der Waals surface area contributed by atoms with Crippen molar-refractivity contribution >= 4 is 13.8 Å². The van der Waals surface area contributed by atoms with Crippen LogP contribution in [0.3, 0.4) is 0 Å². The van der Waals surface area contributed by atoms with Gasteiger partial charge in [0.05, 0.1) is 0 Å². The van der Waals surface area contributed by atoms with E-state index in [1.54, 1.807) is 0 Å². The lowest BCUT2D eigenvalue weighted by Crippen LogP contribution is -2.55. The van der Waals surface area contributed by atoms with Gasteiger partial charge in [0.1, 0.15) is 13.4 Å². The number of carbonyl (C=O) groups is 1. The highest BCUT2D eigenvalue weighted by Gasteiger charge is 2.49. The summed E-state index contributed by atoms with van der Waals surface area (Å²) in [6.07, 6.45) is 5.50. The van der Waals surface area contributed by atoms with Crippen molar-refractivity contribution in [2.24, 2.45) is 11.7 Å². The minimum absolute atomic E-state index is 0.0892. The fourth-order valence-electron chi connectivity index (χ4n) is 3.44. The van der Waals surface area contributed by atoms with Gasteiger partial charge in [0, 0.05) is 31.6 Å². The molecule has 0 aromatic rings. The maximum absolute atomic E-state index is 11.5. The Morgan fingerprint density at radius 3 is 2.95 bits per heavy atom. The molecular formula is C13H26BN3O2. The van der Waals surface area contributed by atoms with Crippen LogP contribution in [0.4, 0.5) is 0 Å². The van der Waals surface area contributed by atoms with Gasteiger partial charge in [-0.1, -0.05) is 12.7 Å². The molecule has 3 atom stereocenters. The van der Waals surface area contributed by atoms with Crippen LogP contribution in [-0.2, 0) is 4.79 Å². The van der Waals surface area contributed by atoms with Crippen molar-refractivity contribution in [3.05, 3.63) is 0 Å². The molecule has 0 saturated carbocycles. The van der Waals surface area contributed by atoms with E-state index in [-0.39, 0.29) is 5.92 Å². The number of likely N-dealkylation sites (tertiary alicyclic amines) is 1. The van der Waals surface area contributed by atoms with Crippen molar-refractivity contribution < 1.29 is 9.90 Å². The van der Waals surface area contributed by atoms with E-state index in [1.165, 1.54) is 12.8 Å². The molecular weight excluding hydrogens is 241 g/mol. The van der Waals surface area contributed by atoms with Crippen molar-refractivity contribution in [3.8, 4) is 0 Å². The van der Waals surface area contributed by atoms with Gasteiger partial charge in [0.15, 0.2) is 0 Å². The Morgan fingerprint density at radius 1 is 1.58 bits per heavy atom. The van der Waals surface area contributed by atoms with Crippen LogP contribution in [0.25, 0.3) is 0 Å². The number of hydrogen-bond acceptors (Lipinski definition) is 4. The van der Waals surface area contributed by atoms with Crippen molar-refractivity contribution in [1.29, 1.82) is 0 Å².